The van der Waals surface area contributed by atoms with Crippen molar-refractivity contribution in [1.29, 1.82) is 0 Å². The number of rotatable bonds is 2. The van der Waals surface area contributed by atoms with Gasteiger partial charge in [0.1, 0.15) is 0 Å². The Balaban J connectivity index is 1.68. The molecule has 0 aromatic carbocycles. The molecule has 0 aromatic heterocycles. The second kappa shape index (κ2) is 5.64. The van der Waals surface area contributed by atoms with Gasteiger partial charge in [0.05, 0.1) is 6.10 Å². The van der Waals surface area contributed by atoms with Crippen molar-refractivity contribution in [3.63, 3.8) is 0 Å². The Kier molecular flexibility index (Phi) is 3.71. The van der Waals surface area contributed by atoms with Gasteiger partial charge < -0.3 is 0 Å². The summed E-state index contributed by atoms with van der Waals surface area (Å²) in [6.07, 6.45) is 7.10. The second-order valence-corrected chi connectivity index (χ2v) is 9.89. The predicted molar refractivity (Wildman–Crippen MR) is 93.1 cm³/mol. The van der Waals surface area contributed by atoms with Crippen LogP contribution in [0.4, 0.5) is 0 Å². The number of hydrogen-bond donors (Lipinski definition) is 1. The van der Waals surface area contributed by atoms with Crippen LogP contribution in [0.3, 0.4) is 0 Å². The lowest BCUT2D eigenvalue weighted by Crippen LogP contribution is -2.51. The second-order valence-electron chi connectivity index (χ2n) is 8.84. The van der Waals surface area contributed by atoms with Crippen molar-refractivity contribution in [1.82, 2.24) is 0 Å². The first kappa shape index (κ1) is 16.5. The molecule has 0 amide bonds. The zero-order valence-electron chi connectivity index (χ0n) is 16.0. The molecule has 0 aliphatic heterocycles. The fourth-order valence-corrected chi connectivity index (χ4v) is 7.03. The Labute approximate surface area is 151 Å². The standard InChI is InChI=1S/C19H28O5S/c1-18-9-7-13(20)11-12(18)3-4-14-15-5-6-17(24-25(21,22)23)19(15,2)10-8-16(14)18/h11,14-17H,3-10H2,1-2H3,(H,21,22,23)/t14-,15-,16-,17-,18-,19-/m0/s1/i1+1,16D. The lowest BCUT2D eigenvalue weighted by molar-refractivity contribution is -0.117. The van der Waals surface area contributed by atoms with Crippen LogP contribution in [0.25, 0.3) is 0 Å². The average Bonchev–Trinajstić information content (AvgIpc) is 2.85. The highest BCUT2D eigenvalue weighted by Crippen LogP contribution is 2.65. The summed E-state index contributed by atoms with van der Waals surface area (Å²) in [6, 6.07) is 0. The first-order chi connectivity index (χ1) is 12.0. The highest BCUT2D eigenvalue weighted by atomic mass is 32.3. The SMILES string of the molecule is [2H][C@]12CC[C@]3(C)[C@@H](OS(=O)(=O)O)CC[C@H]3[C@@H]1CCC1=CC(=O)CC[C@@]12[13CH3]. The molecule has 0 saturated heterocycles. The van der Waals surface area contributed by atoms with Crippen LogP contribution >= 0.6 is 0 Å². The maximum Gasteiger partial charge on any atom is 0.397 e. The lowest BCUT2D eigenvalue weighted by atomic mass is 9.49. The third kappa shape index (κ3) is 2.72. The van der Waals surface area contributed by atoms with Gasteiger partial charge in [-0.05, 0) is 79.6 Å². The largest absolute Gasteiger partial charge is 0.397 e. The van der Waals surface area contributed by atoms with E-state index in [1.165, 1.54) is 0 Å². The van der Waals surface area contributed by atoms with Crippen molar-refractivity contribution in [2.45, 2.75) is 71.3 Å². The minimum absolute atomic E-state index is 0.173. The first-order valence-corrected chi connectivity index (χ1v) is 10.8. The molecule has 25 heavy (non-hydrogen) atoms. The van der Waals surface area contributed by atoms with E-state index in [0.29, 0.717) is 25.7 Å². The van der Waals surface area contributed by atoms with E-state index in [1.807, 2.05) is 0 Å². The van der Waals surface area contributed by atoms with Gasteiger partial charge in [-0.15, -0.1) is 0 Å². The molecule has 4 aliphatic carbocycles. The van der Waals surface area contributed by atoms with Gasteiger partial charge >= 0.3 is 10.4 Å². The van der Waals surface area contributed by atoms with E-state index >= 15 is 0 Å². The molecule has 0 radical (unpaired) electrons. The fourth-order valence-electron chi connectivity index (χ4n) is 6.42. The molecule has 0 spiro atoms. The van der Waals surface area contributed by atoms with Crippen LogP contribution in [0.2, 0.25) is 0 Å². The molecule has 5 nitrogen and oxygen atoms in total. The van der Waals surface area contributed by atoms with Gasteiger partial charge in [-0.3, -0.25) is 9.35 Å². The molecule has 6 atom stereocenters. The van der Waals surface area contributed by atoms with Crippen molar-refractivity contribution in [3.8, 4) is 0 Å². The van der Waals surface area contributed by atoms with E-state index < -0.39 is 22.4 Å². The Morgan fingerprint density at radius 1 is 1.20 bits per heavy atom. The third-order valence-corrected chi connectivity index (χ3v) is 8.25. The molecule has 6 heteroatoms. The lowest BCUT2D eigenvalue weighted by Gasteiger charge is -2.57. The number of fused-ring (bicyclic) bond motifs is 5. The van der Waals surface area contributed by atoms with Gasteiger partial charge in [0.2, 0.25) is 0 Å². The fraction of sp³-hybridized carbons (Fsp3) is 0.842. The molecule has 0 aromatic rings. The molecule has 4 aliphatic rings. The van der Waals surface area contributed by atoms with Gasteiger partial charge in [-0.25, -0.2) is 4.18 Å². The molecular formula is C19H28O5S. The molecule has 0 bridgehead atoms. The van der Waals surface area contributed by atoms with Gasteiger partial charge in [-0.2, -0.15) is 8.42 Å². The smallest absolute Gasteiger partial charge is 0.295 e. The number of allylic oxidation sites excluding steroid dienone is 1. The maximum absolute atomic E-state index is 11.9. The Morgan fingerprint density at radius 3 is 2.68 bits per heavy atom. The molecular weight excluding hydrogens is 341 g/mol. The summed E-state index contributed by atoms with van der Waals surface area (Å²) in [5.41, 5.74) is 0.549. The van der Waals surface area contributed by atoms with Crippen molar-refractivity contribution >= 4 is 16.2 Å². The van der Waals surface area contributed by atoms with E-state index in [0.717, 1.165) is 31.3 Å². The van der Waals surface area contributed by atoms with Crippen LogP contribution in [-0.4, -0.2) is 24.9 Å². The summed E-state index contributed by atoms with van der Waals surface area (Å²) in [5.74, 6) is -0.0414. The number of carbonyl (C=O) groups is 1. The maximum atomic E-state index is 11.9. The molecule has 3 saturated carbocycles. The average molecular weight is 370 g/mol. The molecule has 140 valence electrons. The summed E-state index contributed by atoms with van der Waals surface area (Å²) in [7, 11) is -4.47. The zero-order chi connectivity index (χ0) is 19.0. The Bertz CT molecular complexity index is 777. The van der Waals surface area contributed by atoms with Crippen LogP contribution in [0, 0.1) is 28.6 Å². The van der Waals surface area contributed by atoms with E-state index in [2.05, 4.69) is 13.8 Å². The summed E-state index contributed by atoms with van der Waals surface area (Å²) >= 11 is 0. The topological polar surface area (TPSA) is 80.7 Å². The molecule has 4 rings (SSSR count). The summed E-state index contributed by atoms with van der Waals surface area (Å²) < 4.78 is 46.2. The molecule has 3 fully saturated rings. The summed E-state index contributed by atoms with van der Waals surface area (Å²) in [5, 5.41) is 0. The van der Waals surface area contributed by atoms with Gasteiger partial charge in [0, 0.05) is 7.79 Å². The Morgan fingerprint density at radius 2 is 1.96 bits per heavy atom. The number of hydrogen-bond acceptors (Lipinski definition) is 4. The van der Waals surface area contributed by atoms with Crippen LogP contribution in [0.5, 0.6) is 0 Å². The van der Waals surface area contributed by atoms with Crippen molar-refractivity contribution in [3.05, 3.63) is 11.6 Å². The summed E-state index contributed by atoms with van der Waals surface area (Å²) in [6.45, 7) is 4.23. The highest BCUT2D eigenvalue weighted by Gasteiger charge is 2.59. The predicted octanol–water partition coefficient (Wildman–Crippen LogP) is 3.71. The quantitative estimate of drug-likeness (QED) is 0.592. The van der Waals surface area contributed by atoms with Crippen molar-refractivity contribution in [2.75, 3.05) is 0 Å². The van der Waals surface area contributed by atoms with E-state index in [1.54, 1.807) is 6.08 Å². The normalized spacial score (nSPS) is 50.4. The first-order valence-electron chi connectivity index (χ1n) is 9.89. The van der Waals surface area contributed by atoms with E-state index in [-0.39, 0.29) is 28.4 Å². The minimum Gasteiger partial charge on any atom is -0.295 e. The minimum atomic E-state index is -4.47. The van der Waals surface area contributed by atoms with Gasteiger partial charge in [-0.1, -0.05) is 19.4 Å². The number of ketones is 1. The van der Waals surface area contributed by atoms with Crippen molar-refractivity contribution < 1.29 is 23.3 Å². The third-order valence-electron chi connectivity index (χ3n) is 7.78. The molecule has 1 N–H and O–H groups in total. The van der Waals surface area contributed by atoms with Crippen LogP contribution < -0.4 is 0 Å². The number of carbonyl (C=O) groups excluding carboxylic acids is 1. The van der Waals surface area contributed by atoms with E-state index in [9.17, 15) is 14.6 Å². The van der Waals surface area contributed by atoms with Gasteiger partial charge in [0.25, 0.3) is 0 Å². The summed E-state index contributed by atoms with van der Waals surface area (Å²) in [4.78, 5) is 11.9. The van der Waals surface area contributed by atoms with E-state index in [4.69, 9.17) is 8.74 Å². The van der Waals surface area contributed by atoms with Crippen LogP contribution in [-0.2, 0) is 19.4 Å². The molecule has 0 unspecified atom stereocenters. The van der Waals surface area contributed by atoms with Gasteiger partial charge in [0.15, 0.2) is 5.78 Å². The monoisotopic (exact) mass is 370 g/mol. The highest BCUT2D eigenvalue weighted by molar-refractivity contribution is 7.80. The Hall–Kier alpha value is -0.720. The van der Waals surface area contributed by atoms with Crippen LogP contribution in [0.15, 0.2) is 11.6 Å². The van der Waals surface area contributed by atoms with Crippen molar-refractivity contribution in [2.24, 2.45) is 28.6 Å². The molecule has 0 heterocycles. The zero-order valence-corrected chi connectivity index (χ0v) is 15.8. The van der Waals surface area contributed by atoms with Crippen LogP contribution in [0.1, 0.15) is 66.6 Å².